The van der Waals surface area contributed by atoms with Crippen molar-refractivity contribution < 1.29 is 12.8 Å². The number of nitrogens with one attached hydrogen (secondary N) is 1. The number of aryl methyl sites for hydroxylation is 1. The third kappa shape index (κ3) is 4.39. The first-order valence-electron chi connectivity index (χ1n) is 6.92. The van der Waals surface area contributed by atoms with Gasteiger partial charge in [0.05, 0.1) is 4.90 Å². The number of halogens is 2. The van der Waals surface area contributed by atoms with E-state index in [-0.39, 0.29) is 35.8 Å². The molecule has 1 fully saturated rings. The topological polar surface area (TPSA) is 72.2 Å². The fourth-order valence-electron chi connectivity index (χ4n) is 2.70. The van der Waals surface area contributed by atoms with Crippen molar-refractivity contribution in [3.8, 4) is 0 Å². The molecule has 0 aliphatic heterocycles. The lowest BCUT2D eigenvalue weighted by Gasteiger charge is -2.23. The molecule has 0 saturated heterocycles. The Hall–Kier alpha value is -0.690. The zero-order chi connectivity index (χ0) is 14.8. The Kier molecular flexibility index (Phi) is 6.59. The van der Waals surface area contributed by atoms with Crippen LogP contribution in [-0.2, 0) is 10.0 Å². The Morgan fingerprint density at radius 2 is 2.00 bits per heavy atom. The summed E-state index contributed by atoms with van der Waals surface area (Å²) in [5.74, 6) is -0.233. The summed E-state index contributed by atoms with van der Waals surface area (Å²) >= 11 is 0. The lowest BCUT2D eigenvalue weighted by molar-refractivity contribution is 0.405. The number of hydrogen-bond donors (Lipinski definition) is 2. The number of nitrogens with two attached hydrogens (primary N) is 1. The van der Waals surface area contributed by atoms with Gasteiger partial charge in [-0.05, 0) is 43.4 Å². The highest BCUT2D eigenvalue weighted by molar-refractivity contribution is 7.89. The van der Waals surface area contributed by atoms with E-state index in [0.29, 0.717) is 5.56 Å². The summed E-state index contributed by atoms with van der Waals surface area (Å²) in [7, 11) is -3.72. The van der Waals surface area contributed by atoms with Crippen LogP contribution in [0.2, 0.25) is 0 Å². The quantitative estimate of drug-likeness (QED) is 0.867. The molecular formula is C14H22ClFN2O2S. The predicted molar refractivity (Wildman–Crippen MR) is 83.5 cm³/mol. The van der Waals surface area contributed by atoms with E-state index in [1.54, 1.807) is 6.92 Å². The van der Waals surface area contributed by atoms with Crippen molar-refractivity contribution in [1.82, 2.24) is 4.72 Å². The molecule has 1 saturated carbocycles. The summed E-state index contributed by atoms with van der Waals surface area (Å²) in [6, 6.07) is 3.67. The van der Waals surface area contributed by atoms with Gasteiger partial charge < -0.3 is 5.73 Å². The summed E-state index contributed by atoms with van der Waals surface area (Å²) in [4.78, 5) is -0.0444. The molecule has 21 heavy (non-hydrogen) atoms. The number of rotatable bonds is 5. The molecule has 0 spiro atoms. The second-order valence-electron chi connectivity index (χ2n) is 5.42. The Labute approximate surface area is 131 Å². The standard InChI is InChI=1S/C14H21FN2O2S.ClH/c1-10-6-7-12(8-13(10)15)20(18,19)17-14(9-16)11-4-2-3-5-11;/h6-8,11,14,17H,2-5,9,16H2,1H3;1H. The highest BCUT2D eigenvalue weighted by Crippen LogP contribution is 2.28. The Balaban J connectivity index is 0.00000220. The highest BCUT2D eigenvalue weighted by Gasteiger charge is 2.28. The van der Waals surface area contributed by atoms with Gasteiger partial charge in [-0.25, -0.2) is 17.5 Å². The largest absolute Gasteiger partial charge is 0.329 e. The highest BCUT2D eigenvalue weighted by atomic mass is 35.5. The van der Waals surface area contributed by atoms with Gasteiger partial charge in [0.1, 0.15) is 5.82 Å². The van der Waals surface area contributed by atoms with E-state index in [1.165, 1.54) is 12.1 Å². The van der Waals surface area contributed by atoms with Gasteiger partial charge in [0.15, 0.2) is 0 Å². The van der Waals surface area contributed by atoms with Crippen molar-refractivity contribution >= 4 is 22.4 Å². The van der Waals surface area contributed by atoms with Crippen LogP contribution in [0.15, 0.2) is 23.1 Å². The molecule has 2 rings (SSSR count). The predicted octanol–water partition coefficient (Wildman–Crippen LogP) is 2.35. The minimum absolute atomic E-state index is 0. The normalized spacial score (nSPS) is 17.5. The molecule has 1 aromatic rings. The van der Waals surface area contributed by atoms with Crippen LogP contribution in [0.25, 0.3) is 0 Å². The van der Waals surface area contributed by atoms with Gasteiger partial charge in [-0.1, -0.05) is 18.9 Å². The summed E-state index contributed by atoms with van der Waals surface area (Å²) in [5.41, 5.74) is 6.12. The molecule has 0 amide bonds. The molecule has 1 aromatic carbocycles. The van der Waals surface area contributed by atoms with E-state index in [4.69, 9.17) is 5.73 Å². The third-order valence-electron chi connectivity index (χ3n) is 3.98. The van der Waals surface area contributed by atoms with Crippen LogP contribution in [-0.4, -0.2) is 21.0 Å². The second kappa shape index (κ2) is 7.54. The maximum absolute atomic E-state index is 13.5. The van der Waals surface area contributed by atoms with Gasteiger partial charge in [0.25, 0.3) is 0 Å². The van der Waals surface area contributed by atoms with Crippen LogP contribution in [0.3, 0.4) is 0 Å². The fraction of sp³-hybridized carbons (Fsp3) is 0.571. The van der Waals surface area contributed by atoms with Crippen LogP contribution in [0, 0.1) is 18.7 Å². The number of hydrogen-bond acceptors (Lipinski definition) is 3. The van der Waals surface area contributed by atoms with E-state index >= 15 is 0 Å². The van der Waals surface area contributed by atoms with Crippen LogP contribution in [0.4, 0.5) is 4.39 Å². The van der Waals surface area contributed by atoms with Gasteiger partial charge in [-0.15, -0.1) is 12.4 Å². The minimum atomic E-state index is -3.72. The molecule has 3 N–H and O–H groups in total. The van der Waals surface area contributed by atoms with Crippen molar-refractivity contribution in [3.63, 3.8) is 0 Å². The smallest absolute Gasteiger partial charge is 0.240 e. The SMILES string of the molecule is Cc1ccc(S(=O)(=O)NC(CN)C2CCCC2)cc1F.Cl. The van der Waals surface area contributed by atoms with E-state index in [0.717, 1.165) is 31.7 Å². The first-order valence-corrected chi connectivity index (χ1v) is 8.41. The Morgan fingerprint density at radius 1 is 1.38 bits per heavy atom. The lowest BCUT2D eigenvalue weighted by Crippen LogP contribution is -2.44. The Bertz CT molecular complexity index is 574. The van der Waals surface area contributed by atoms with Gasteiger partial charge in [-0.3, -0.25) is 0 Å². The molecule has 120 valence electrons. The molecule has 0 bridgehead atoms. The Morgan fingerprint density at radius 3 is 2.52 bits per heavy atom. The second-order valence-corrected chi connectivity index (χ2v) is 7.13. The summed E-state index contributed by atoms with van der Waals surface area (Å²) in [6.45, 7) is 1.86. The first kappa shape index (κ1) is 18.4. The summed E-state index contributed by atoms with van der Waals surface area (Å²) < 4.78 is 40.7. The monoisotopic (exact) mass is 336 g/mol. The van der Waals surface area contributed by atoms with Crippen LogP contribution in [0.5, 0.6) is 0 Å². The van der Waals surface area contributed by atoms with Gasteiger partial charge in [-0.2, -0.15) is 0 Å². The van der Waals surface area contributed by atoms with Gasteiger partial charge >= 0.3 is 0 Å². The van der Waals surface area contributed by atoms with Gasteiger partial charge in [0.2, 0.25) is 10.0 Å². The molecule has 1 unspecified atom stereocenters. The van der Waals surface area contributed by atoms with Crippen molar-refractivity contribution in [2.45, 2.75) is 43.5 Å². The van der Waals surface area contributed by atoms with E-state index < -0.39 is 15.8 Å². The van der Waals surface area contributed by atoms with Crippen molar-refractivity contribution in [2.75, 3.05) is 6.54 Å². The maximum atomic E-state index is 13.5. The third-order valence-corrected chi connectivity index (χ3v) is 5.47. The molecule has 7 heteroatoms. The minimum Gasteiger partial charge on any atom is -0.329 e. The molecule has 1 aliphatic rings. The molecular weight excluding hydrogens is 315 g/mol. The van der Waals surface area contributed by atoms with Gasteiger partial charge in [0, 0.05) is 12.6 Å². The average molecular weight is 337 g/mol. The van der Waals surface area contributed by atoms with E-state index in [9.17, 15) is 12.8 Å². The molecule has 0 heterocycles. The first-order chi connectivity index (χ1) is 9.44. The fourth-order valence-corrected chi connectivity index (χ4v) is 4.03. The zero-order valence-electron chi connectivity index (χ0n) is 12.0. The van der Waals surface area contributed by atoms with Crippen LogP contribution >= 0.6 is 12.4 Å². The molecule has 1 atom stereocenters. The molecule has 4 nitrogen and oxygen atoms in total. The van der Waals surface area contributed by atoms with E-state index in [1.807, 2.05) is 0 Å². The van der Waals surface area contributed by atoms with E-state index in [2.05, 4.69) is 4.72 Å². The van der Waals surface area contributed by atoms with Crippen molar-refractivity contribution in [2.24, 2.45) is 11.7 Å². The summed E-state index contributed by atoms with van der Waals surface area (Å²) in [5, 5.41) is 0. The number of benzene rings is 1. The number of sulfonamides is 1. The van der Waals surface area contributed by atoms with Crippen molar-refractivity contribution in [3.05, 3.63) is 29.6 Å². The molecule has 1 aliphatic carbocycles. The molecule has 0 radical (unpaired) electrons. The average Bonchev–Trinajstić information content (AvgIpc) is 2.93. The summed E-state index contributed by atoms with van der Waals surface area (Å²) in [6.07, 6.45) is 4.21. The van der Waals surface area contributed by atoms with Crippen LogP contribution in [0.1, 0.15) is 31.2 Å². The van der Waals surface area contributed by atoms with Crippen LogP contribution < -0.4 is 10.5 Å². The lowest BCUT2D eigenvalue weighted by atomic mass is 9.99. The molecule has 0 aromatic heterocycles. The zero-order valence-corrected chi connectivity index (χ0v) is 13.6. The van der Waals surface area contributed by atoms with Crippen molar-refractivity contribution in [1.29, 1.82) is 0 Å². The maximum Gasteiger partial charge on any atom is 0.240 e.